The first-order valence-electron chi connectivity index (χ1n) is 4.93. The molecule has 0 aliphatic rings. The first-order valence-corrected chi connectivity index (χ1v) is 6.42. The lowest BCUT2D eigenvalue weighted by atomic mass is 10.3. The van der Waals surface area contributed by atoms with Crippen molar-refractivity contribution in [2.75, 3.05) is 4.72 Å². The highest BCUT2D eigenvalue weighted by Crippen LogP contribution is 2.14. The fraction of sp³-hybridized carbons (Fsp3) is 0.0909. The average Bonchev–Trinajstić information content (AvgIpc) is 2.29. The molecular weight excluding hydrogens is 238 g/mol. The topological polar surface area (TPSA) is 72.0 Å². The van der Waals surface area contributed by atoms with Crippen LogP contribution in [0.2, 0.25) is 0 Å². The summed E-state index contributed by atoms with van der Waals surface area (Å²) in [6.45, 7) is 1.79. The van der Waals surface area contributed by atoms with E-state index in [1.807, 2.05) is 0 Å². The van der Waals surface area contributed by atoms with E-state index in [0.29, 0.717) is 5.69 Å². The maximum absolute atomic E-state index is 11.9. The summed E-state index contributed by atoms with van der Waals surface area (Å²) in [5, 5.41) is 0. The normalized spacial score (nSPS) is 11.1. The lowest BCUT2D eigenvalue weighted by molar-refractivity contribution is 0.601. The lowest BCUT2D eigenvalue weighted by Gasteiger charge is -2.07. The Morgan fingerprint density at radius 3 is 2.71 bits per heavy atom. The summed E-state index contributed by atoms with van der Waals surface area (Å²) in [5.74, 6) is 0. The predicted octanol–water partition coefficient (Wildman–Crippen LogP) is 1.59. The van der Waals surface area contributed by atoms with Gasteiger partial charge in [0.05, 0.1) is 5.69 Å². The van der Waals surface area contributed by atoms with Crippen LogP contribution in [0.25, 0.3) is 0 Å². The van der Waals surface area contributed by atoms with Gasteiger partial charge >= 0.3 is 0 Å². The molecule has 0 spiro atoms. The van der Waals surface area contributed by atoms with Crippen LogP contribution in [0.1, 0.15) is 5.69 Å². The van der Waals surface area contributed by atoms with Crippen LogP contribution in [0.3, 0.4) is 0 Å². The van der Waals surface area contributed by atoms with Crippen molar-refractivity contribution < 1.29 is 8.42 Å². The third-order valence-electron chi connectivity index (χ3n) is 2.09. The van der Waals surface area contributed by atoms with E-state index in [0.717, 1.165) is 5.69 Å². The lowest BCUT2D eigenvalue weighted by Crippen LogP contribution is -2.13. The Labute approximate surface area is 99.6 Å². The molecule has 6 heteroatoms. The molecule has 0 unspecified atom stereocenters. The first kappa shape index (κ1) is 11.5. The molecule has 2 heterocycles. The number of aromatic nitrogens is 2. The van der Waals surface area contributed by atoms with Crippen molar-refractivity contribution in [3.05, 3.63) is 48.5 Å². The number of anilines is 1. The van der Waals surface area contributed by atoms with Gasteiger partial charge in [-0.05, 0) is 31.2 Å². The van der Waals surface area contributed by atoms with Crippen LogP contribution in [0, 0.1) is 6.92 Å². The largest absolute Gasteiger partial charge is 0.279 e. The molecule has 2 aromatic rings. The van der Waals surface area contributed by atoms with Gasteiger partial charge in [-0.15, -0.1) is 0 Å². The van der Waals surface area contributed by atoms with E-state index in [1.165, 1.54) is 18.5 Å². The average molecular weight is 249 g/mol. The fourth-order valence-electron chi connectivity index (χ4n) is 1.33. The summed E-state index contributed by atoms with van der Waals surface area (Å²) in [6, 6.07) is 6.32. The number of nitrogens with one attached hydrogen (secondary N) is 1. The molecular formula is C11H11N3O2S. The van der Waals surface area contributed by atoms with Crippen molar-refractivity contribution in [3.63, 3.8) is 0 Å². The summed E-state index contributed by atoms with van der Waals surface area (Å²) < 4.78 is 26.4. The third-order valence-corrected chi connectivity index (χ3v) is 3.46. The standard InChI is InChI=1S/C11H11N3O2S/c1-9-7-10(4-6-13-9)14-17(15,16)11-3-2-5-12-8-11/h2-8H,1H3,(H,13,14). The zero-order valence-electron chi connectivity index (χ0n) is 9.16. The van der Waals surface area contributed by atoms with Gasteiger partial charge in [0.1, 0.15) is 4.90 Å². The number of aryl methyl sites for hydroxylation is 1. The van der Waals surface area contributed by atoms with Crippen LogP contribution >= 0.6 is 0 Å². The van der Waals surface area contributed by atoms with Gasteiger partial charge < -0.3 is 0 Å². The van der Waals surface area contributed by atoms with E-state index in [4.69, 9.17) is 0 Å². The van der Waals surface area contributed by atoms with Gasteiger partial charge in [-0.2, -0.15) is 0 Å². The minimum absolute atomic E-state index is 0.134. The van der Waals surface area contributed by atoms with Crippen LogP contribution in [-0.2, 0) is 10.0 Å². The van der Waals surface area contributed by atoms with E-state index in [-0.39, 0.29) is 4.90 Å². The van der Waals surface area contributed by atoms with Crippen molar-refractivity contribution >= 4 is 15.7 Å². The Morgan fingerprint density at radius 2 is 2.06 bits per heavy atom. The molecule has 0 aliphatic carbocycles. The van der Waals surface area contributed by atoms with Crippen molar-refractivity contribution in [2.45, 2.75) is 11.8 Å². The number of sulfonamides is 1. The second kappa shape index (κ2) is 4.50. The van der Waals surface area contributed by atoms with Gasteiger partial charge in [0.2, 0.25) is 0 Å². The Hall–Kier alpha value is -1.95. The molecule has 0 aromatic carbocycles. The van der Waals surface area contributed by atoms with Crippen molar-refractivity contribution in [3.8, 4) is 0 Å². The van der Waals surface area contributed by atoms with Crippen molar-refractivity contribution in [2.24, 2.45) is 0 Å². The quantitative estimate of drug-likeness (QED) is 0.896. The second-order valence-corrected chi connectivity index (χ2v) is 5.16. The number of pyridine rings is 2. The molecule has 0 aliphatic heterocycles. The smallest absolute Gasteiger partial charge is 0.263 e. The molecule has 0 saturated heterocycles. The summed E-state index contributed by atoms with van der Waals surface area (Å²) in [7, 11) is -3.57. The molecule has 88 valence electrons. The van der Waals surface area contributed by atoms with Crippen LogP contribution < -0.4 is 4.72 Å². The maximum Gasteiger partial charge on any atom is 0.263 e. The maximum atomic E-state index is 11.9. The van der Waals surface area contributed by atoms with E-state index < -0.39 is 10.0 Å². The molecule has 0 amide bonds. The SMILES string of the molecule is Cc1cc(NS(=O)(=O)c2cccnc2)ccn1. The van der Waals surface area contributed by atoms with E-state index >= 15 is 0 Å². The van der Waals surface area contributed by atoms with Crippen LogP contribution in [0.4, 0.5) is 5.69 Å². The molecule has 2 rings (SSSR count). The number of rotatable bonds is 3. The first-order chi connectivity index (χ1) is 8.08. The van der Waals surface area contributed by atoms with Crippen LogP contribution in [0.15, 0.2) is 47.8 Å². The predicted molar refractivity (Wildman–Crippen MR) is 64.0 cm³/mol. The third kappa shape index (κ3) is 2.79. The molecule has 17 heavy (non-hydrogen) atoms. The molecule has 1 N–H and O–H groups in total. The fourth-order valence-corrected chi connectivity index (χ4v) is 2.34. The highest BCUT2D eigenvalue weighted by atomic mass is 32.2. The van der Waals surface area contributed by atoms with Gasteiger partial charge in [-0.25, -0.2) is 8.42 Å². The Kier molecular flexibility index (Phi) is 3.06. The van der Waals surface area contributed by atoms with E-state index in [1.54, 1.807) is 31.3 Å². The van der Waals surface area contributed by atoms with Gasteiger partial charge in [0, 0.05) is 24.3 Å². The highest BCUT2D eigenvalue weighted by Gasteiger charge is 2.13. The number of hydrogen-bond acceptors (Lipinski definition) is 4. The zero-order chi connectivity index (χ0) is 12.3. The molecule has 0 saturated carbocycles. The minimum atomic E-state index is -3.57. The molecule has 0 atom stereocenters. The van der Waals surface area contributed by atoms with E-state index in [2.05, 4.69) is 14.7 Å². The molecule has 2 aromatic heterocycles. The number of hydrogen-bond donors (Lipinski definition) is 1. The van der Waals surface area contributed by atoms with E-state index in [9.17, 15) is 8.42 Å². The Morgan fingerprint density at radius 1 is 1.24 bits per heavy atom. The molecule has 0 bridgehead atoms. The Balaban J connectivity index is 2.30. The minimum Gasteiger partial charge on any atom is -0.279 e. The summed E-state index contributed by atoms with van der Waals surface area (Å²) in [4.78, 5) is 7.91. The Bertz CT molecular complexity index is 612. The molecule has 0 radical (unpaired) electrons. The summed E-state index contributed by atoms with van der Waals surface area (Å²) in [6.07, 6.45) is 4.38. The van der Waals surface area contributed by atoms with Crippen LogP contribution in [-0.4, -0.2) is 18.4 Å². The second-order valence-electron chi connectivity index (χ2n) is 3.48. The molecule has 0 fully saturated rings. The van der Waals surface area contributed by atoms with Crippen LogP contribution in [0.5, 0.6) is 0 Å². The van der Waals surface area contributed by atoms with Gasteiger partial charge in [-0.3, -0.25) is 14.7 Å². The van der Waals surface area contributed by atoms with Crippen molar-refractivity contribution in [1.29, 1.82) is 0 Å². The molecule has 5 nitrogen and oxygen atoms in total. The van der Waals surface area contributed by atoms with Crippen molar-refractivity contribution in [1.82, 2.24) is 9.97 Å². The van der Waals surface area contributed by atoms with Gasteiger partial charge in [-0.1, -0.05) is 0 Å². The summed E-state index contributed by atoms with van der Waals surface area (Å²) >= 11 is 0. The zero-order valence-corrected chi connectivity index (χ0v) is 9.98. The number of nitrogens with zero attached hydrogens (tertiary/aromatic N) is 2. The highest BCUT2D eigenvalue weighted by molar-refractivity contribution is 7.92. The summed E-state index contributed by atoms with van der Waals surface area (Å²) in [5.41, 5.74) is 1.23. The van der Waals surface area contributed by atoms with Gasteiger partial charge in [0.25, 0.3) is 10.0 Å². The van der Waals surface area contributed by atoms with Gasteiger partial charge in [0.15, 0.2) is 0 Å². The monoisotopic (exact) mass is 249 g/mol.